The van der Waals surface area contributed by atoms with Crippen LogP contribution in [0.25, 0.3) is 11.3 Å². The molecule has 0 fully saturated rings. The van der Waals surface area contributed by atoms with Gasteiger partial charge in [-0.3, -0.25) is 0 Å². The largest absolute Gasteiger partial charge is 0.491 e. The van der Waals surface area contributed by atoms with Gasteiger partial charge in [0.15, 0.2) is 11.6 Å². The highest BCUT2D eigenvalue weighted by atomic mass is 35.5. The van der Waals surface area contributed by atoms with E-state index in [9.17, 15) is 4.39 Å². The summed E-state index contributed by atoms with van der Waals surface area (Å²) in [5, 5.41) is 3.62. The van der Waals surface area contributed by atoms with Crippen molar-refractivity contribution in [3.63, 3.8) is 0 Å². The van der Waals surface area contributed by atoms with E-state index in [2.05, 4.69) is 30.6 Å². The van der Waals surface area contributed by atoms with Gasteiger partial charge < -0.3 is 24.1 Å². The number of hydrogen-bond donors (Lipinski definition) is 1. The Balaban J connectivity index is 1.50. The Kier molecular flexibility index (Phi) is 8.59. The Morgan fingerprint density at radius 3 is 2.53 bits per heavy atom. The molecule has 5 nitrogen and oxygen atoms in total. The summed E-state index contributed by atoms with van der Waals surface area (Å²) in [5.74, 6) is 0.892. The molecule has 0 saturated carbocycles. The Bertz CT molecular complexity index is 1020. The average molecular weight is 459 g/mol. The van der Waals surface area contributed by atoms with Crippen molar-refractivity contribution in [2.75, 3.05) is 38.2 Å². The number of nitrogens with zero attached hydrogens (tertiary/aromatic N) is 1. The van der Waals surface area contributed by atoms with Crippen molar-refractivity contribution in [3.05, 3.63) is 77.9 Å². The summed E-state index contributed by atoms with van der Waals surface area (Å²) in [6, 6.07) is 13.6. The van der Waals surface area contributed by atoms with Crippen LogP contribution in [0.4, 0.5) is 10.1 Å². The van der Waals surface area contributed by atoms with Gasteiger partial charge in [0.05, 0.1) is 11.3 Å². The lowest BCUT2D eigenvalue weighted by Gasteiger charge is -2.18. The topological polar surface area (TPSA) is 46.9 Å². The first-order chi connectivity index (χ1) is 15.5. The molecule has 1 aromatic heterocycles. The predicted octanol–water partition coefficient (Wildman–Crippen LogP) is 6.46. The Hall–Kier alpha value is -2.96. The zero-order valence-electron chi connectivity index (χ0n) is 18.4. The maximum Gasteiger partial charge on any atom is 0.165 e. The lowest BCUT2D eigenvalue weighted by molar-refractivity contribution is 0.223. The van der Waals surface area contributed by atoms with E-state index in [0.717, 1.165) is 25.3 Å². The van der Waals surface area contributed by atoms with Crippen LogP contribution >= 0.6 is 11.6 Å². The highest BCUT2D eigenvalue weighted by Crippen LogP contribution is 2.29. The SMILES string of the molecule is C=C(COc1ccc(-c2ccco2)cc1F)Nc1ccc(OCCN(CC)CC)c(Cl)c1. The van der Waals surface area contributed by atoms with Gasteiger partial charge in [-0.05, 0) is 61.6 Å². The summed E-state index contributed by atoms with van der Waals surface area (Å²) < 4.78 is 31.0. The van der Waals surface area contributed by atoms with Gasteiger partial charge in [-0.1, -0.05) is 32.0 Å². The molecule has 3 rings (SSSR count). The number of rotatable bonds is 12. The number of benzene rings is 2. The second-order valence-electron chi connectivity index (χ2n) is 7.16. The van der Waals surface area contributed by atoms with Crippen molar-refractivity contribution < 1.29 is 18.3 Å². The third-order valence-electron chi connectivity index (χ3n) is 4.95. The lowest BCUT2D eigenvalue weighted by Crippen LogP contribution is -2.27. The van der Waals surface area contributed by atoms with Gasteiger partial charge in [0.25, 0.3) is 0 Å². The maximum atomic E-state index is 14.4. The summed E-state index contributed by atoms with van der Waals surface area (Å²) in [7, 11) is 0. The zero-order valence-corrected chi connectivity index (χ0v) is 19.1. The van der Waals surface area contributed by atoms with Crippen molar-refractivity contribution in [1.29, 1.82) is 0 Å². The van der Waals surface area contributed by atoms with Crippen molar-refractivity contribution in [2.24, 2.45) is 0 Å². The molecule has 0 atom stereocenters. The summed E-state index contributed by atoms with van der Waals surface area (Å²) in [5.41, 5.74) is 1.95. The molecule has 2 aromatic carbocycles. The molecule has 170 valence electrons. The van der Waals surface area contributed by atoms with Crippen LogP contribution in [0.5, 0.6) is 11.5 Å². The zero-order chi connectivity index (χ0) is 22.9. The molecule has 32 heavy (non-hydrogen) atoms. The molecule has 1 N–H and O–H groups in total. The monoisotopic (exact) mass is 458 g/mol. The number of ether oxygens (including phenoxy) is 2. The van der Waals surface area contributed by atoms with E-state index in [1.165, 1.54) is 6.07 Å². The molecule has 0 spiro atoms. The van der Waals surface area contributed by atoms with Crippen LogP contribution in [0.2, 0.25) is 5.02 Å². The van der Waals surface area contributed by atoms with Crippen LogP contribution in [-0.2, 0) is 0 Å². The smallest absolute Gasteiger partial charge is 0.165 e. The number of furan rings is 1. The van der Waals surface area contributed by atoms with Crippen molar-refractivity contribution in [1.82, 2.24) is 4.90 Å². The van der Waals surface area contributed by atoms with E-state index in [1.54, 1.807) is 36.6 Å². The Labute approximate surface area is 193 Å². The molecule has 0 aliphatic rings. The van der Waals surface area contributed by atoms with Gasteiger partial charge in [0.1, 0.15) is 24.7 Å². The van der Waals surface area contributed by atoms with Gasteiger partial charge in [-0.25, -0.2) is 4.39 Å². The Morgan fingerprint density at radius 2 is 1.88 bits per heavy atom. The molecule has 0 aliphatic heterocycles. The standard InChI is InChI=1S/C25H28ClFN2O3/c1-4-29(5-2)12-14-31-24-11-9-20(16-21(24)26)28-18(3)17-32-25-10-8-19(15-22(25)27)23-7-6-13-30-23/h6-11,13,15-16,28H,3-5,12,14,17H2,1-2H3. The molecule has 0 saturated heterocycles. The first-order valence-electron chi connectivity index (χ1n) is 10.6. The molecular formula is C25H28ClFN2O3. The van der Waals surface area contributed by atoms with E-state index in [4.69, 9.17) is 25.5 Å². The fourth-order valence-corrected chi connectivity index (χ4v) is 3.37. The summed E-state index contributed by atoms with van der Waals surface area (Å²) in [4.78, 5) is 2.28. The molecule has 0 amide bonds. The maximum absolute atomic E-state index is 14.4. The number of anilines is 1. The van der Waals surface area contributed by atoms with E-state index in [-0.39, 0.29) is 12.4 Å². The number of halogens is 2. The third-order valence-corrected chi connectivity index (χ3v) is 5.25. The molecule has 0 bridgehead atoms. The molecular weight excluding hydrogens is 431 g/mol. The fraction of sp³-hybridized carbons (Fsp3) is 0.280. The average Bonchev–Trinajstić information content (AvgIpc) is 3.32. The van der Waals surface area contributed by atoms with Crippen molar-refractivity contribution in [2.45, 2.75) is 13.8 Å². The minimum Gasteiger partial charge on any atom is -0.491 e. The molecule has 7 heteroatoms. The van der Waals surface area contributed by atoms with E-state index in [1.807, 2.05) is 12.1 Å². The minimum atomic E-state index is -0.471. The predicted molar refractivity (Wildman–Crippen MR) is 127 cm³/mol. The van der Waals surface area contributed by atoms with E-state index < -0.39 is 5.82 Å². The van der Waals surface area contributed by atoms with Gasteiger partial charge in [-0.15, -0.1) is 0 Å². The minimum absolute atomic E-state index is 0.0940. The van der Waals surface area contributed by atoms with E-state index in [0.29, 0.717) is 34.4 Å². The van der Waals surface area contributed by atoms with Gasteiger partial charge in [0.2, 0.25) is 0 Å². The van der Waals surface area contributed by atoms with Crippen LogP contribution < -0.4 is 14.8 Å². The Morgan fingerprint density at radius 1 is 1.09 bits per heavy atom. The summed E-state index contributed by atoms with van der Waals surface area (Å²) in [6.45, 7) is 11.7. The van der Waals surface area contributed by atoms with Gasteiger partial charge in [0, 0.05) is 23.5 Å². The van der Waals surface area contributed by atoms with Crippen LogP contribution in [0, 0.1) is 5.82 Å². The summed E-state index contributed by atoms with van der Waals surface area (Å²) in [6.07, 6.45) is 1.55. The number of nitrogens with one attached hydrogen (secondary N) is 1. The highest BCUT2D eigenvalue weighted by molar-refractivity contribution is 6.32. The molecule has 1 heterocycles. The van der Waals surface area contributed by atoms with Gasteiger partial charge in [-0.2, -0.15) is 0 Å². The molecule has 3 aromatic rings. The second-order valence-corrected chi connectivity index (χ2v) is 7.57. The molecule has 0 radical (unpaired) electrons. The van der Waals surface area contributed by atoms with Crippen LogP contribution in [-0.4, -0.2) is 37.7 Å². The molecule has 0 unspecified atom stereocenters. The van der Waals surface area contributed by atoms with Crippen LogP contribution in [0.1, 0.15) is 13.8 Å². The fourth-order valence-electron chi connectivity index (χ4n) is 3.14. The lowest BCUT2D eigenvalue weighted by atomic mass is 10.1. The first-order valence-corrected chi connectivity index (χ1v) is 10.9. The highest BCUT2D eigenvalue weighted by Gasteiger charge is 2.10. The van der Waals surface area contributed by atoms with Crippen LogP contribution in [0.3, 0.4) is 0 Å². The third kappa shape index (κ3) is 6.52. The van der Waals surface area contributed by atoms with Crippen LogP contribution in [0.15, 0.2) is 71.5 Å². The van der Waals surface area contributed by atoms with E-state index >= 15 is 0 Å². The quantitative estimate of drug-likeness (QED) is 0.337. The normalized spacial score (nSPS) is 10.9. The second kappa shape index (κ2) is 11.6. The number of hydrogen-bond acceptors (Lipinski definition) is 5. The summed E-state index contributed by atoms with van der Waals surface area (Å²) >= 11 is 6.35. The van der Waals surface area contributed by atoms with Crippen molar-refractivity contribution in [3.8, 4) is 22.8 Å². The first kappa shape index (κ1) is 23.7. The van der Waals surface area contributed by atoms with Crippen molar-refractivity contribution >= 4 is 17.3 Å². The van der Waals surface area contributed by atoms with Gasteiger partial charge >= 0.3 is 0 Å². The molecule has 0 aliphatic carbocycles. The number of likely N-dealkylation sites (N-methyl/N-ethyl adjacent to an activating group) is 1.